The number of nitrogens with zero attached hydrogens (tertiary/aromatic N) is 4. The van der Waals surface area contributed by atoms with Crippen molar-refractivity contribution in [1.82, 2.24) is 14.9 Å². The maximum atomic E-state index is 12.3. The second-order valence-corrected chi connectivity index (χ2v) is 6.18. The van der Waals surface area contributed by atoms with Gasteiger partial charge in [-0.3, -0.25) is 4.79 Å². The standard InChI is InChI=1S/C19H22N4O4/c1-14-4-5-15(12-16(14)26-2)18(25)27-13-17(24)22-8-10-23(11-9-22)19-20-6-3-7-21-19/h3-7,12H,8-11,13H2,1-2H3. The number of esters is 1. The molecule has 27 heavy (non-hydrogen) atoms. The fraction of sp³-hybridized carbons (Fsp3) is 0.368. The van der Waals surface area contributed by atoms with Gasteiger partial charge in [-0.25, -0.2) is 14.8 Å². The summed E-state index contributed by atoms with van der Waals surface area (Å²) in [5, 5.41) is 0. The third-order valence-electron chi connectivity index (χ3n) is 4.44. The molecule has 0 unspecified atom stereocenters. The number of amides is 1. The lowest BCUT2D eigenvalue weighted by molar-refractivity contribution is -0.134. The van der Waals surface area contributed by atoms with Crippen LogP contribution in [0, 0.1) is 6.92 Å². The Balaban J connectivity index is 1.49. The molecular weight excluding hydrogens is 348 g/mol. The monoisotopic (exact) mass is 370 g/mol. The molecular formula is C19H22N4O4. The first-order valence-electron chi connectivity index (χ1n) is 8.70. The zero-order chi connectivity index (χ0) is 19.2. The molecule has 1 aromatic carbocycles. The summed E-state index contributed by atoms with van der Waals surface area (Å²) in [6, 6.07) is 6.81. The summed E-state index contributed by atoms with van der Waals surface area (Å²) in [5.74, 6) is 0.508. The smallest absolute Gasteiger partial charge is 0.338 e. The molecule has 0 spiro atoms. The van der Waals surface area contributed by atoms with Crippen molar-refractivity contribution in [3.8, 4) is 5.75 Å². The van der Waals surface area contributed by atoms with E-state index in [1.807, 2.05) is 11.8 Å². The molecule has 0 radical (unpaired) electrons. The lowest BCUT2D eigenvalue weighted by Crippen LogP contribution is -2.50. The fourth-order valence-corrected chi connectivity index (χ4v) is 2.86. The molecule has 1 fully saturated rings. The van der Waals surface area contributed by atoms with E-state index < -0.39 is 5.97 Å². The molecule has 2 heterocycles. The lowest BCUT2D eigenvalue weighted by Gasteiger charge is -2.34. The zero-order valence-electron chi connectivity index (χ0n) is 15.4. The third kappa shape index (κ3) is 4.52. The van der Waals surface area contributed by atoms with E-state index in [1.165, 1.54) is 0 Å². The fourth-order valence-electron chi connectivity index (χ4n) is 2.86. The first-order chi connectivity index (χ1) is 13.1. The van der Waals surface area contributed by atoms with Gasteiger partial charge in [-0.05, 0) is 30.7 Å². The minimum Gasteiger partial charge on any atom is -0.496 e. The molecule has 3 rings (SSSR count). The molecule has 1 saturated heterocycles. The summed E-state index contributed by atoms with van der Waals surface area (Å²) >= 11 is 0. The number of aromatic nitrogens is 2. The molecule has 8 nitrogen and oxygen atoms in total. The van der Waals surface area contributed by atoms with Gasteiger partial charge in [0.25, 0.3) is 5.91 Å². The van der Waals surface area contributed by atoms with E-state index in [0.717, 1.165) is 5.56 Å². The highest BCUT2D eigenvalue weighted by Gasteiger charge is 2.23. The van der Waals surface area contributed by atoms with Crippen molar-refractivity contribution in [2.75, 3.05) is 44.8 Å². The Labute approximate surface area is 157 Å². The van der Waals surface area contributed by atoms with E-state index >= 15 is 0 Å². The molecule has 0 atom stereocenters. The number of hydrogen-bond acceptors (Lipinski definition) is 7. The third-order valence-corrected chi connectivity index (χ3v) is 4.44. The highest BCUT2D eigenvalue weighted by Crippen LogP contribution is 2.19. The van der Waals surface area contributed by atoms with Crippen LogP contribution in [0.3, 0.4) is 0 Å². The molecule has 2 aromatic rings. The molecule has 1 aliphatic heterocycles. The molecule has 0 saturated carbocycles. The summed E-state index contributed by atoms with van der Waals surface area (Å²) in [6.45, 7) is 3.95. The van der Waals surface area contributed by atoms with Crippen LogP contribution < -0.4 is 9.64 Å². The van der Waals surface area contributed by atoms with Crippen LogP contribution in [-0.4, -0.2) is 66.6 Å². The molecule has 0 N–H and O–H groups in total. The normalized spacial score (nSPS) is 14.0. The van der Waals surface area contributed by atoms with Crippen molar-refractivity contribution in [2.45, 2.75) is 6.92 Å². The quantitative estimate of drug-likeness (QED) is 0.734. The Morgan fingerprint density at radius 2 is 1.81 bits per heavy atom. The van der Waals surface area contributed by atoms with Crippen molar-refractivity contribution < 1.29 is 19.1 Å². The predicted octanol–water partition coefficient (Wildman–Crippen LogP) is 1.30. The predicted molar refractivity (Wildman–Crippen MR) is 98.8 cm³/mol. The second kappa shape index (κ2) is 8.48. The Morgan fingerprint density at radius 3 is 2.48 bits per heavy atom. The molecule has 1 amide bonds. The summed E-state index contributed by atoms with van der Waals surface area (Å²) in [5.41, 5.74) is 1.28. The van der Waals surface area contributed by atoms with Crippen LogP contribution in [0.15, 0.2) is 36.7 Å². The van der Waals surface area contributed by atoms with E-state index in [4.69, 9.17) is 9.47 Å². The summed E-state index contributed by atoms with van der Waals surface area (Å²) < 4.78 is 10.4. The summed E-state index contributed by atoms with van der Waals surface area (Å²) in [6.07, 6.45) is 3.39. The van der Waals surface area contributed by atoms with Crippen molar-refractivity contribution >= 4 is 17.8 Å². The van der Waals surface area contributed by atoms with Gasteiger partial charge >= 0.3 is 5.97 Å². The van der Waals surface area contributed by atoms with E-state index in [0.29, 0.717) is 43.4 Å². The number of carbonyl (C=O) groups is 2. The number of hydrogen-bond donors (Lipinski definition) is 0. The molecule has 142 valence electrons. The van der Waals surface area contributed by atoms with Gasteiger partial charge in [0.2, 0.25) is 5.95 Å². The number of carbonyl (C=O) groups excluding carboxylic acids is 2. The van der Waals surface area contributed by atoms with Crippen LogP contribution in [0.2, 0.25) is 0 Å². The largest absolute Gasteiger partial charge is 0.496 e. The molecule has 1 aromatic heterocycles. The van der Waals surface area contributed by atoms with Crippen LogP contribution in [-0.2, 0) is 9.53 Å². The first kappa shape index (κ1) is 18.6. The number of rotatable bonds is 5. The van der Waals surface area contributed by atoms with Gasteiger partial charge in [-0.2, -0.15) is 0 Å². The number of anilines is 1. The van der Waals surface area contributed by atoms with E-state index in [2.05, 4.69) is 9.97 Å². The number of aryl methyl sites for hydroxylation is 1. The van der Waals surface area contributed by atoms with Crippen LogP contribution in [0.5, 0.6) is 5.75 Å². The van der Waals surface area contributed by atoms with Crippen LogP contribution in [0.4, 0.5) is 5.95 Å². The summed E-state index contributed by atoms with van der Waals surface area (Å²) in [4.78, 5) is 36.6. The highest BCUT2D eigenvalue weighted by molar-refractivity contribution is 5.91. The average molecular weight is 370 g/mol. The molecule has 0 aliphatic carbocycles. The number of methoxy groups -OCH3 is 1. The maximum absolute atomic E-state index is 12.3. The Morgan fingerprint density at radius 1 is 1.11 bits per heavy atom. The van der Waals surface area contributed by atoms with Gasteiger partial charge in [0, 0.05) is 38.6 Å². The number of piperazine rings is 1. The van der Waals surface area contributed by atoms with Crippen molar-refractivity contribution in [2.24, 2.45) is 0 Å². The lowest BCUT2D eigenvalue weighted by atomic mass is 10.1. The first-order valence-corrected chi connectivity index (χ1v) is 8.70. The highest BCUT2D eigenvalue weighted by atomic mass is 16.5. The van der Waals surface area contributed by atoms with Crippen LogP contribution in [0.1, 0.15) is 15.9 Å². The number of ether oxygens (including phenoxy) is 2. The van der Waals surface area contributed by atoms with Gasteiger partial charge < -0.3 is 19.3 Å². The maximum Gasteiger partial charge on any atom is 0.338 e. The van der Waals surface area contributed by atoms with Gasteiger partial charge in [0.15, 0.2) is 6.61 Å². The van der Waals surface area contributed by atoms with Gasteiger partial charge in [-0.15, -0.1) is 0 Å². The average Bonchev–Trinajstić information content (AvgIpc) is 2.73. The van der Waals surface area contributed by atoms with Crippen molar-refractivity contribution in [3.05, 3.63) is 47.8 Å². The van der Waals surface area contributed by atoms with Crippen LogP contribution >= 0.6 is 0 Å². The Bertz CT molecular complexity index is 805. The molecule has 1 aliphatic rings. The second-order valence-electron chi connectivity index (χ2n) is 6.18. The van der Waals surface area contributed by atoms with Crippen molar-refractivity contribution in [3.63, 3.8) is 0 Å². The van der Waals surface area contributed by atoms with Crippen molar-refractivity contribution in [1.29, 1.82) is 0 Å². The van der Waals surface area contributed by atoms with Gasteiger partial charge in [0.1, 0.15) is 5.75 Å². The zero-order valence-corrected chi connectivity index (χ0v) is 15.4. The Kier molecular flexibility index (Phi) is 5.85. The van der Waals surface area contributed by atoms with Gasteiger partial charge in [-0.1, -0.05) is 6.07 Å². The van der Waals surface area contributed by atoms with E-state index in [1.54, 1.807) is 48.7 Å². The molecule has 8 heteroatoms. The van der Waals surface area contributed by atoms with Gasteiger partial charge in [0.05, 0.1) is 12.7 Å². The number of benzene rings is 1. The SMILES string of the molecule is COc1cc(C(=O)OCC(=O)N2CCN(c3ncccn3)CC2)ccc1C. The van der Waals surface area contributed by atoms with E-state index in [-0.39, 0.29) is 12.5 Å². The van der Waals surface area contributed by atoms with Crippen LogP contribution in [0.25, 0.3) is 0 Å². The van der Waals surface area contributed by atoms with E-state index in [9.17, 15) is 9.59 Å². The molecule has 0 bridgehead atoms. The Hall–Kier alpha value is -3.16. The topological polar surface area (TPSA) is 84.9 Å². The minimum atomic E-state index is -0.544. The minimum absolute atomic E-state index is 0.212. The summed E-state index contributed by atoms with van der Waals surface area (Å²) in [7, 11) is 1.54.